The van der Waals surface area contributed by atoms with Crippen LogP contribution < -0.4 is 0 Å². The second kappa shape index (κ2) is 6.92. The van der Waals surface area contributed by atoms with Crippen molar-refractivity contribution in [3.63, 3.8) is 0 Å². The van der Waals surface area contributed by atoms with Crippen LogP contribution in [0.15, 0.2) is 28.9 Å². The second-order valence-corrected chi connectivity index (χ2v) is 6.61. The molecule has 0 saturated heterocycles. The van der Waals surface area contributed by atoms with Gasteiger partial charge in [-0.2, -0.15) is 5.10 Å². The molecule has 21 heavy (non-hydrogen) atoms. The van der Waals surface area contributed by atoms with E-state index in [2.05, 4.69) is 21.0 Å². The SMILES string of the molecule is CN(C)CCn1ncc(Cl)c1C(=O)c1cc(Cl)cc(Br)c1. The number of carbonyl (C=O) groups excluding carboxylic acids is 1. The molecule has 2 rings (SSSR count). The summed E-state index contributed by atoms with van der Waals surface area (Å²) in [6.07, 6.45) is 1.49. The number of likely N-dealkylation sites (N-methyl/N-ethyl adjacent to an activating group) is 1. The average molecular weight is 391 g/mol. The van der Waals surface area contributed by atoms with Crippen LogP contribution in [0.4, 0.5) is 0 Å². The number of rotatable bonds is 5. The molecule has 0 amide bonds. The lowest BCUT2D eigenvalue weighted by Crippen LogP contribution is -2.21. The molecular weight excluding hydrogens is 377 g/mol. The van der Waals surface area contributed by atoms with Gasteiger partial charge in [0.1, 0.15) is 5.69 Å². The van der Waals surface area contributed by atoms with Gasteiger partial charge in [-0.1, -0.05) is 39.1 Å². The topological polar surface area (TPSA) is 38.1 Å². The van der Waals surface area contributed by atoms with Gasteiger partial charge in [-0.3, -0.25) is 9.48 Å². The number of nitrogens with zero attached hydrogens (tertiary/aromatic N) is 3. The Labute approximate surface area is 141 Å². The van der Waals surface area contributed by atoms with E-state index in [4.69, 9.17) is 23.2 Å². The van der Waals surface area contributed by atoms with E-state index in [9.17, 15) is 4.79 Å². The van der Waals surface area contributed by atoms with Crippen LogP contribution in [0.2, 0.25) is 10.0 Å². The van der Waals surface area contributed by atoms with Gasteiger partial charge in [0.25, 0.3) is 0 Å². The lowest BCUT2D eigenvalue weighted by molar-refractivity contribution is 0.102. The molecule has 0 fully saturated rings. The molecule has 7 heteroatoms. The predicted molar refractivity (Wildman–Crippen MR) is 88.4 cm³/mol. The zero-order valence-electron chi connectivity index (χ0n) is 11.6. The lowest BCUT2D eigenvalue weighted by atomic mass is 10.1. The smallest absolute Gasteiger partial charge is 0.212 e. The summed E-state index contributed by atoms with van der Waals surface area (Å²) in [4.78, 5) is 14.7. The van der Waals surface area contributed by atoms with E-state index >= 15 is 0 Å². The normalized spacial score (nSPS) is 11.1. The maximum absolute atomic E-state index is 12.7. The van der Waals surface area contributed by atoms with Crippen molar-refractivity contribution in [2.45, 2.75) is 6.54 Å². The first-order valence-electron chi connectivity index (χ1n) is 6.25. The van der Waals surface area contributed by atoms with Gasteiger partial charge in [-0.05, 0) is 32.3 Å². The van der Waals surface area contributed by atoms with Crippen molar-refractivity contribution in [3.05, 3.63) is 50.2 Å². The Balaban J connectivity index is 2.36. The summed E-state index contributed by atoms with van der Waals surface area (Å²) >= 11 is 15.4. The molecule has 0 bridgehead atoms. The molecule has 0 atom stereocenters. The van der Waals surface area contributed by atoms with E-state index < -0.39 is 0 Å². The molecule has 0 aliphatic carbocycles. The minimum Gasteiger partial charge on any atom is -0.308 e. The fourth-order valence-corrected chi connectivity index (χ4v) is 2.96. The van der Waals surface area contributed by atoms with E-state index in [0.29, 0.717) is 27.8 Å². The molecule has 1 aromatic carbocycles. The molecule has 112 valence electrons. The van der Waals surface area contributed by atoms with Crippen LogP contribution in [0.25, 0.3) is 0 Å². The number of aromatic nitrogens is 2. The van der Waals surface area contributed by atoms with Crippen molar-refractivity contribution in [1.29, 1.82) is 0 Å². The van der Waals surface area contributed by atoms with Crippen LogP contribution in [0, 0.1) is 0 Å². The van der Waals surface area contributed by atoms with Gasteiger partial charge in [0, 0.05) is 21.6 Å². The summed E-state index contributed by atoms with van der Waals surface area (Å²) in [5, 5.41) is 5.00. The summed E-state index contributed by atoms with van der Waals surface area (Å²) in [7, 11) is 3.92. The van der Waals surface area contributed by atoms with Crippen molar-refractivity contribution >= 4 is 44.9 Å². The fraction of sp³-hybridized carbons (Fsp3) is 0.286. The van der Waals surface area contributed by atoms with Gasteiger partial charge in [0.15, 0.2) is 0 Å². The Morgan fingerprint density at radius 1 is 1.33 bits per heavy atom. The van der Waals surface area contributed by atoms with Gasteiger partial charge in [-0.15, -0.1) is 0 Å². The van der Waals surface area contributed by atoms with Crippen LogP contribution in [-0.4, -0.2) is 41.1 Å². The number of carbonyl (C=O) groups is 1. The molecule has 0 radical (unpaired) electrons. The Morgan fingerprint density at radius 2 is 2.05 bits per heavy atom. The van der Waals surface area contributed by atoms with Crippen LogP contribution >= 0.6 is 39.1 Å². The first-order valence-corrected chi connectivity index (χ1v) is 7.80. The summed E-state index contributed by atoms with van der Waals surface area (Å²) in [6, 6.07) is 5.06. The van der Waals surface area contributed by atoms with Crippen molar-refractivity contribution in [1.82, 2.24) is 14.7 Å². The third kappa shape index (κ3) is 4.07. The van der Waals surface area contributed by atoms with Crippen molar-refractivity contribution in [3.8, 4) is 0 Å². The van der Waals surface area contributed by atoms with Crippen molar-refractivity contribution < 1.29 is 4.79 Å². The van der Waals surface area contributed by atoms with E-state index in [0.717, 1.165) is 11.0 Å². The summed E-state index contributed by atoms with van der Waals surface area (Å²) in [5.74, 6) is -0.195. The van der Waals surface area contributed by atoms with E-state index in [-0.39, 0.29) is 5.78 Å². The highest BCUT2D eigenvalue weighted by Crippen LogP contribution is 2.24. The van der Waals surface area contributed by atoms with Gasteiger partial charge < -0.3 is 4.90 Å². The Morgan fingerprint density at radius 3 is 2.67 bits per heavy atom. The molecule has 0 saturated carbocycles. The van der Waals surface area contributed by atoms with Crippen LogP contribution in [0.5, 0.6) is 0 Å². The Kier molecular flexibility index (Phi) is 5.43. The van der Waals surface area contributed by atoms with Crippen molar-refractivity contribution in [2.75, 3.05) is 20.6 Å². The largest absolute Gasteiger partial charge is 0.308 e. The van der Waals surface area contributed by atoms with Crippen LogP contribution in [0.3, 0.4) is 0 Å². The van der Waals surface area contributed by atoms with E-state index in [1.54, 1.807) is 22.9 Å². The van der Waals surface area contributed by atoms with Crippen LogP contribution in [0.1, 0.15) is 16.1 Å². The molecule has 1 heterocycles. The van der Waals surface area contributed by atoms with Gasteiger partial charge >= 0.3 is 0 Å². The Bertz CT molecular complexity index is 650. The molecule has 2 aromatic rings. The van der Waals surface area contributed by atoms with Crippen molar-refractivity contribution in [2.24, 2.45) is 0 Å². The fourth-order valence-electron chi connectivity index (χ4n) is 1.87. The molecule has 0 spiro atoms. The van der Waals surface area contributed by atoms with Crippen LogP contribution in [-0.2, 0) is 6.54 Å². The highest BCUT2D eigenvalue weighted by molar-refractivity contribution is 9.10. The summed E-state index contributed by atoms with van der Waals surface area (Å²) in [5.41, 5.74) is 0.857. The highest BCUT2D eigenvalue weighted by atomic mass is 79.9. The van der Waals surface area contributed by atoms with E-state index in [1.165, 1.54) is 6.20 Å². The molecule has 1 aromatic heterocycles. The van der Waals surface area contributed by atoms with Gasteiger partial charge in [0.2, 0.25) is 5.78 Å². The monoisotopic (exact) mass is 389 g/mol. The van der Waals surface area contributed by atoms with Gasteiger partial charge in [0.05, 0.1) is 17.8 Å². The minimum atomic E-state index is -0.195. The summed E-state index contributed by atoms with van der Waals surface area (Å²) < 4.78 is 2.37. The van der Waals surface area contributed by atoms with Gasteiger partial charge in [-0.25, -0.2) is 0 Å². The Hall–Kier alpha value is -0.880. The van der Waals surface area contributed by atoms with E-state index in [1.807, 2.05) is 19.0 Å². The second-order valence-electron chi connectivity index (χ2n) is 4.85. The highest BCUT2D eigenvalue weighted by Gasteiger charge is 2.20. The molecule has 0 aliphatic heterocycles. The maximum Gasteiger partial charge on any atom is 0.212 e. The molecule has 0 unspecified atom stereocenters. The third-order valence-corrected chi connectivity index (χ3v) is 3.85. The third-order valence-electron chi connectivity index (χ3n) is 2.89. The number of ketones is 1. The maximum atomic E-state index is 12.7. The molecule has 0 N–H and O–H groups in total. The number of halogens is 3. The zero-order valence-corrected chi connectivity index (χ0v) is 14.7. The molecule has 4 nitrogen and oxygen atoms in total. The average Bonchev–Trinajstić information content (AvgIpc) is 2.75. The summed E-state index contributed by atoms with van der Waals surface area (Å²) in [6.45, 7) is 1.35. The minimum absolute atomic E-state index is 0.195. The molecular formula is C14H14BrCl2N3O. The number of hydrogen-bond donors (Lipinski definition) is 0. The molecule has 0 aliphatic rings. The number of benzene rings is 1. The number of hydrogen-bond acceptors (Lipinski definition) is 3. The lowest BCUT2D eigenvalue weighted by Gasteiger charge is -2.12. The zero-order chi connectivity index (χ0) is 15.6. The standard InChI is InChI=1S/C14H14BrCl2N3O/c1-19(2)3-4-20-13(12(17)8-18-20)14(21)9-5-10(15)7-11(16)6-9/h5-8H,3-4H2,1-2H3. The quantitative estimate of drug-likeness (QED) is 0.729. The predicted octanol–water partition coefficient (Wildman–Crippen LogP) is 3.75. The first kappa shape index (κ1) is 16.5. The first-order chi connectivity index (χ1) is 9.88.